The number of nitrogens with zero attached hydrogens (tertiary/aromatic N) is 1. The number of hydrogen-bond acceptors (Lipinski definition) is 4. The highest BCUT2D eigenvalue weighted by molar-refractivity contribution is 6.16. The third-order valence-electron chi connectivity index (χ3n) is 4.31. The predicted molar refractivity (Wildman–Crippen MR) is 91.1 cm³/mol. The molecule has 1 heterocycles. The Bertz CT molecular complexity index is 566. The monoisotopic (exact) mass is 302 g/mol. The van der Waals surface area contributed by atoms with Crippen molar-refractivity contribution >= 4 is 17.2 Å². The van der Waals surface area contributed by atoms with Gasteiger partial charge < -0.3 is 15.0 Å². The SMILES string of the molecule is C/C=C(/C(=O)OC)c1ccc(N2CCNC(CC)C2)cc1C. The molecule has 1 aliphatic heterocycles. The Morgan fingerprint density at radius 2 is 2.27 bits per heavy atom. The standard InChI is InChI=1S/C18H26N2O2/c1-5-14-12-20(10-9-19-14)15-7-8-17(13(3)11-15)16(6-2)18(21)22-4/h6-8,11,14,19H,5,9-10,12H2,1-4H3/b16-6+. The molecule has 1 fully saturated rings. The van der Waals surface area contributed by atoms with Crippen LogP contribution in [0.3, 0.4) is 0 Å². The molecule has 0 aliphatic carbocycles. The fraction of sp³-hybridized carbons (Fsp3) is 0.500. The third kappa shape index (κ3) is 3.50. The van der Waals surface area contributed by atoms with Gasteiger partial charge >= 0.3 is 5.97 Å². The fourth-order valence-corrected chi connectivity index (χ4v) is 2.97. The number of aryl methyl sites for hydroxylation is 1. The molecule has 0 amide bonds. The lowest BCUT2D eigenvalue weighted by Crippen LogP contribution is -2.50. The zero-order chi connectivity index (χ0) is 16.1. The highest BCUT2D eigenvalue weighted by atomic mass is 16.5. The van der Waals surface area contributed by atoms with Crippen LogP contribution in [0.4, 0.5) is 5.69 Å². The summed E-state index contributed by atoms with van der Waals surface area (Å²) in [5.74, 6) is -0.286. The van der Waals surface area contributed by atoms with E-state index in [0.717, 1.165) is 37.2 Å². The maximum absolute atomic E-state index is 11.9. The molecule has 4 heteroatoms. The summed E-state index contributed by atoms with van der Waals surface area (Å²) in [7, 11) is 1.42. The molecule has 0 bridgehead atoms. The van der Waals surface area contributed by atoms with Crippen molar-refractivity contribution in [3.8, 4) is 0 Å². The summed E-state index contributed by atoms with van der Waals surface area (Å²) < 4.78 is 4.86. The van der Waals surface area contributed by atoms with Crippen LogP contribution < -0.4 is 10.2 Å². The maximum Gasteiger partial charge on any atom is 0.338 e. The number of esters is 1. The quantitative estimate of drug-likeness (QED) is 0.686. The van der Waals surface area contributed by atoms with Gasteiger partial charge in [0.2, 0.25) is 0 Å². The van der Waals surface area contributed by atoms with Crippen LogP contribution in [-0.2, 0) is 9.53 Å². The van der Waals surface area contributed by atoms with Crippen molar-refractivity contribution in [3.05, 3.63) is 35.4 Å². The average molecular weight is 302 g/mol. The summed E-state index contributed by atoms with van der Waals surface area (Å²) in [6, 6.07) is 6.85. The minimum absolute atomic E-state index is 0.286. The summed E-state index contributed by atoms with van der Waals surface area (Å²) in [5.41, 5.74) is 3.89. The third-order valence-corrected chi connectivity index (χ3v) is 4.31. The van der Waals surface area contributed by atoms with Crippen molar-refractivity contribution in [1.29, 1.82) is 0 Å². The van der Waals surface area contributed by atoms with Gasteiger partial charge in [-0.1, -0.05) is 19.1 Å². The summed E-state index contributed by atoms with van der Waals surface area (Å²) in [6.07, 6.45) is 2.95. The molecule has 0 spiro atoms. The average Bonchev–Trinajstić information content (AvgIpc) is 2.56. The van der Waals surface area contributed by atoms with Crippen LogP contribution in [-0.4, -0.2) is 38.8 Å². The van der Waals surface area contributed by atoms with Gasteiger partial charge in [-0.15, -0.1) is 0 Å². The number of ether oxygens (including phenoxy) is 1. The van der Waals surface area contributed by atoms with Gasteiger partial charge in [-0.3, -0.25) is 0 Å². The topological polar surface area (TPSA) is 41.6 Å². The first-order valence-corrected chi connectivity index (χ1v) is 7.94. The van der Waals surface area contributed by atoms with Crippen LogP contribution in [0, 0.1) is 6.92 Å². The number of nitrogens with one attached hydrogen (secondary N) is 1. The number of benzene rings is 1. The lowest BCUT2D eigenvalue weighted by molar-refractivity contribution is -0.133. The van der Waals surface area contributed by atoms with E-state index < -0.39 is 0 Å². The van der Waals surface area contributed by atoms with Crippen LogP contribution in [0.15, 0.2) is 24.3 Å². The van der Waals surface area contributed by atoms with E-state index in [0.29, 0.717) is 11.6 Å². The minimum Gasteiger partial charge on any atom is -0.465 e. The van der Waals surface area contributed by atoms with Crippen molar-refractivity contribution in [1.82, 2.24) is 5.32 Å². The molecule has 1 aromatic carbocycles. The highest BCUT2D eigenvalue weighted by Gasteiger charge is 2.19. The highest BCUT2D eigenvalue weighted by Crippen LogP contribution is 2.26. The van der Waals surface area contributed by atoms with E-state index in [4.69, 9.17) is 4.74 Å². The molecule has 1 unspecified atom stereocenters. The smallest absolute Gasteiger partial charge is 0.338 e. The first-order valence-electron chi connectivity index (χ1n) is 7.94. The summed E-state index contributed by atoms with van der Waals surface area (Å²) in [4.78, 5) is 14.3. The molecule has 120 valence electrons. The Balaban J connectivity index is 2.24. The molecule has 1 N–H and O–H groups in total. The van der Waals surface area contributed by atoms with E-state index >= 15 is 0 Å². The van der Waals surface area contributed by atoms with Crippen LogP contribution in [0.1, 0.15) is 31.4 Å². The molecule has 1 saturated heterocycles. The van der Waals surface area contributed by atoms with Gasteiger partial charge in [-0.05, 0) is 43.5 Å². The second-order valence-corrected chi connectivity index (χ2v) is 5.70. The lowest BCUT2D eigenvalue weighted by Gasteiger charge is -2.35. The van der Waals surface area contributed by atoms with Gasteiger partial charge in [-0.2, -0.15) is 0 Å². The molecular weight excluding hydrogens is 276 g/mol. The summed E-state index contributed by atoms with van der Waals surface area (Å²) in [6.45, 7) is 9.18. The van der Waals surface area contributed by atoms with Crippen molar-refractivity contribution in [3.63, 3.8) is 0 Å². The molecule has 1 aromatic rings. The van der Waals surface area contributed by atoms with Crippen molar-refractivity contribution in [2.24, 2.45) is 0 Å². The molecule has 22 heavy (non-hydrogen) atoms. The molecular formula is C18H26N2O2. The van der Waals surface area contributed by atoms with Gasteiger partial charge in [0.25, 0.3) is 0 Å². The van der Waals surface area contributed by atoms with E-state index in [-0.39, 0.29) is 5.97 Å². The molecule has 4 nitrogen and oxygen atoms in total. The number of carbonyl (C=O) groups excluding carboxylic acids is 1. The van der Waals surface area contributed by atoms with Crippen LogP contribution in [0.5, 0.6) is 0 Å². The number of hydrogen-bond donors (Lipinski definition) is 1. The first kappa shape index (κ1) is 16.6. The molecule has 0 aromatic heterocycles. The number of rotatable bonds is 4. The normalized spacial score (nSPS) is 19.2. The van der Waals surface area contributed by atoms with Gasteiger partial charge in [-0.25, -0.2) is 4.79 Å². The largest absolute Gasteiger partial charge is 0.465 e. The van der Waals surface area contributed by atoms with E-state index in [1.165, 1.54) is 12.8 Å². The first-order chi connectivity index (χ1) is 10.6. The summed E-state index contributed by atoms with van der Waals surface area (Å²) >= 11 is 0. The second-order valence-electron chi connectivity index (χ2n) is 5.70. The predicted octanol–water partition coefficient (Wildman–Crippen LogP) is 2.76. The molecule has 1 atom stereocenters. The van der Waals surface area contributed by atoms with Gasteiger partial charge in [0.1, 0.15) is 0 Å². The zero-order valence-corrected chi connectivity index (χ0v) is 14.0. The number of piperazine rings is 1. The maximum atomic E-state index is 11.9. The lowest BCUT2D eigenvalue weighted by atomic mass is 9.99. The Hall–Kier alpha value is -1.81. The van der Waals surface area contributed by atoms with Gasteiger partial charge in [0.15, 0.2) is 0 Å². The van der Waals surface area contributed by atoms with Gasteiger partial charge in [0, 0.05) is 31.4 Å². The molecule has 1 aliphatic rings. The molecule has 2 rings (SSSR count). The zero-order valence-electron chi connectivity index (χ0n) is 14.0. The van der Waals surface area contributed by atoms with E-state index in [1.807, 2.05) is 26.0 Å². The Morgan fingerprint density at radius 3 is 2.86 bits per heavy atom. The van der Waals surface area contributed by atoms with Crippen molar-refractivity contribution < 1.29 is 9.53 Å². The number of carbonyl (C=O) groups is 1. The van der Waals surface area contributed by atoms with E-state index in [2.05, 4.69) is 29.3 Å². The van der Waals surface area contributed by atoms with Crippen LogP contribution in [0.25, 0.3) is 5.57 Å². The molecule has 0 saturated carbocycles. The Morgan fingerprint density at radius 1 is 1.50 bits per heavy atom. The summed E-state index contributed by atoms with van der Waals surface area (Å²) in [5, 5.41) is 3.53. The van der Waals surface area contributed by atoms with Gasteiger partial charge in [0.05, 0.1) is 12.7 Å². The van der Waals surface area contributed by atoms with E-state index in [1.54, 1.807) is 0 Å². The van der Waals surface area contributed by atoms with Crippen LogP contribution in [0.2, 0.25) is 0 Å². The van der Waals surface area contributed by atoms with Crippen molar-refractivity contribution in [2.45, 2.75) is 33.2 Å². The Labute approximate surface area is 133 Å². The van der Waals surface area contributed by atoms with E-state index in [9.17, 15) is 4.79 Å². The molecule has 0 radical (unpaired) electrons. The minimum atomic E-state index is -0.286. The van der Waals surface area contributed by atoms with Crippen molar-refractivity contribution in [2.75, 3.05) is 31.6 Å². The number of anilines is 1. The number of methoxy groups -OCH3 is 1. The fourth-order valence-electron chi connectivity index (χ4n) is 2.97. The second kappa shape index (κ2) is 7.45. The van der Waals surface area contributed by atoms with Crippen LogP contribution >= 0.6 is 0 Å². The Kier molecular flexibility index (Phi) is 5.61. The number of allylic oxidation sites excluding steroid dienone is 1.